The molecule has 3 rings (SSSR count). The molecular weight excluding hydrogens is 312 g/mol. The number of nitrogens with zero attached hydrogens (tertiary/aromatic N) is 3. The molecule has 2 aliphatic rings. The zero-order chi connectivity index (χ0) is 17.1. The molecular formula is C16H21N4O4. The zero-order valence-corrected chi connectivity index (χ0v) is 13.4. The Morgan fingerprint density at radius 3 is 2.21 bits per heavy atom. The number of hydrogen-bond acceptors (Lipinski definition) is 6. The summed E-state index contributed by atoms with van der Waals surface area (Å²) in [6.45, 7) is 1.14. The fourth-order valence-electron chi connectivity index (χ4n) is 3.77. The zero-order valence-electron chi connectivity index (χ0n) is 13.4. The van der Waals surface area contributed by atoms with Crippen LogP contribution >= 0.6 is 0 Å². The van der Waals surface area contributed by atoms with Crippen molar-refractivity contribution < 1.29 is 9.85 Å². The van der Waals surface area contributed by atoms with Crippen molar-refractivity contribution in [3.8, 4) is 0 Å². The molecule has 0 spiro atoms. The highest BCUT2D eigenvalue weighted by Crippen LogP contribution is 2.38. The maximum Gasteiger partial charge on any atom is 0.300 e. The van der Waals surface area contributed by atoms with Gasteiger partial charge in [0.25, 0.3) is 11.4 Å². The average molecular weight is 333 g/mol. The second-order valence-electron chi connectivity index (χ2n) is 6.52. The molecule has 24 heavy (non-hydrogen) atoms. The topological polar surface area (TPSA) is 102 Å². The quantitative estimate of drug-likeness (QED) is 0.656. The van der Waals surface area contributed by atoms with Crippen molar-refractivity contribution in [2.75, 3.05) is 18.0 Å². The van der Waals surface area contributed by atoms with Crippen LogP contribution in [0.25, 0.3) is 0 Å². The highest BCUT2D eigenvalue weighted by molar-refractivity contribution is 5.75. The molecule has 0 amide bonds. The SMILES string of the molecule is O=[N+]([O-])c1c[c]cc([N+](=O)[O-])c1N1CC[C@@H](NC2CCCCC2)C1. The minimum Gasteiger partial charge on any atom is -0.359 e. The van der Waals surface area contributed by atoms with Crippen LogP contribution in [0.4, 0.5) is 17.1 Å². The van der Waals surface area contributed by atoms with Gasteiger partial charge >= 0.3 is 0 Å². The van der Waals surface area contributed by atoms with E-state index in [-0.39, 0.29) is 23.1 Å². The summed E-state index contributed by atoms with van der Waals surface area (Å²) in [5, 5.41) is 26.2. The van der Waals surface area contributed by atoms with Gasteiger partial charge in [0.1, 0.15) is 0 Å². The Morgan fingerprint density at radius 2 is 1.62 bits per heavy atom. The third-order valence-electron chi connectivity index (χ3n) is 4.90. The predicted molar refractivity (Wildman–Crippen MR) is 89.2 cm³/mol. The van der Waals surface area contributed by atoms with Crippen molar-refractivity contribution in [2.45, 2.75) is 50.6 Å². The Morgan fingerprint density at radius 1 is 1.00 bits per heavy atom. The molecule has 1 heterocycles. The van der Waals surface area contributed by atoms with Gasteiger partial charge in [-0.15, -0.1) is 0 Å². The number of rotatable bonds is 5. The van der Waals surface area contributed by atoms with Crippen LogP contribution in [-0.2, 0) is 0 Å². The molecule has 1 aromatic rings. The van der Waals surface area contributed by atoms with Crippen molar-refractivity contribution in [1.29, 1.82) is 0 Å². The molecule has 1 saturated heterocycles. The molecule has 0 bridgehead atoms. The highest BCUT2D eigenvalue weighted by atomic mass is 16.6. The largest absolute Gasteiger partial charge is 0.359 e. The number of benzene rings is 1. The highest BCUT2D eigenvalue weighted by Gasteiger charge is 2.34. The lowest BCUT2D eigenvalue weighted by Gasteiger charge is -2.26. The average Bonchev–Trinajstić information content (AvgIpc) is 3.03. The molecule has 1 saturated carbocycles. The minimum absolute atomic E-state index is 0.108. The Kier molecular flexibility index (Phi) is 4.94. The van der Waals surface area contributed by atoms with Gasteiger partial charge in [-0.05, 0) is 25.3 Å². The van der Waals surface area contributed by atoms with Gasteiger partial charge in [0, 0.05) is 37.3 Å². The van der Waals surface area contributed by atoms with Crippen LogP contribution in [0.5, 0.6) is 0 Å². The Hall–Kier alpha value is -2.22. The molecule has 1 radical (unpaired) electrons. The molecule has 0 aromatic heterocycles. The Labute approximate surface area is 140 Å². The van der Waals surface area contributed by atoms with Crippen molar-refractivity contribution in [3.05, 3.63) is 38.4 Å². The van der Waals surface area contributed by atoms with Gasteiger partial charge in [-0.25, -0.2) is 0 Å². The van der Waals surface area contributed by atoms with E-state index < -0.39 is 9.85 Å². The molecule has 1 aliphatic heterocycles. The number of anilines is 1. The van der Waals surface area contributed by atoms with E-state index in [1.54, 1.807) is 4.90 Å². The first kappa shape index (κ1) is 16.6. The summed E-state index contributed by atoms with van der Waals surface area (Å²) < 4.78 is 0. The summed E-state index contributed by atoms with van der Waals surface area (Å²) in [5.74, 6) is 0. The molecule has 2 fully saturated rings. The van der Waals surface area contributed by atoms with Crippen molar-refractivity contribution in [1.82, 2.24) is 5.32 Å². The summed E-state index contributed by atoms with van der Waals surface area (Å²) in [4.78, 5) is 23.2. The van der Waals surface area contributed by atoms with Gasteiger partial charge in [-0.1, -0.05) is 19.3 Å². The second-order valence-corrected chi connectivity index (χ2v) is 6.52. The van der Waals surface area contributed by atoms with Gasteiger partial charge in [0.15, 0.2) is 5.69 Å². The minimum atomic E-state index is -0.569. The first-order chi connectivity index (χ1) is 11.6. The summed E-state index contributed by atoms with van der Waals surface area (Å²) in [5.41, 5.74) is -0.387. The van der Waals surface area contributed by atoms with Crippen LogP contribution in [0.15, 0.2) is 12.1 Å². The maximum atomic E-state index is 11.3. The van der Waals surface area contributed by atoms with E-state index in [0.717, 1.165) is 19.3 Å². The van der Waals surface area contributed by atoms with E-state index in [1.807, 2.05) is 0 Å². The lowest BCUT2D eigenvalue weighted by Crippen LogP contribution is -2.41. The van der Waals surface area contributed by atoms with Gasteiger partial charge in [-0.3, -0.25) is 20.2 Å². The smallest absolute Gasteiger partial charge is 0.300 e. The molecule has 129 valence electrons. The van der Waals surface area contributed by atoms with E-state index in [1.165, 1.54) is 31.4 Å². The Bertz CT molecular complexity index is 598. The van der Waals surface area contributed by atoms with Crippen LogP contribution in [0.3, 0.4) is 0 Å². The number of hydrogen-bond donors (Lipinski definition) is 1. The number of nitro groups is 2. The molecule has 1 N–H and O–H groups in total. The van der Waals surface area contributed by atoms with Gasteiger partial charge in [-0.2, -0.15) is 0 Å². The van der Waals surface area contributed by atoms with Crippen LogP contribution < -0.4 is 10.2 Å². The van der Waals surface area contributed by atoms with E-state index in [9.17, 15) is 20.2 Å². The van der Waals surface area contributed by atoms with Crippen LogP contribution in [0, 0.1) is 26.3 Å². The number of nitrogens with one attached hydrogen (secondary N) is 1. The molecule has 0 unspecified atom stereocenters. The third-order valence-corrected chi connectivity index (χ3v) is 4.90. The van der Waals surface area contributed by atoms with Crippen molar-refractivity contribution in [2.24, 2.45) is 0 Å². The van der Waals surface area contributed by atoms with Gasteiger partial charge in [0.05, 0.1) is 9.85 Å². The normalized spacial score (nSPS) is 21.8. The first-order valence-electron chi connectivity index (χ1n) is 8.40. The lowest BCUT2D eigenvalue weighted by molar-refractivity contribution is -0.392. The van der Waals surface area contributed by atoms with Gasteiger partial charge < -0.3 is 10.2 Å². The molecule has 8 nitrogen and oxygen atoms in total. The second kappa shape index (κ2) is 7.12. The molecule has 8 heteroatoms. The lowest BCUT2D eigenvalue weighted by atomic mass is 9.95. The molecule has 1 aromatic carbocycles. The Balaban J connectivity index is 1.77. The van der Waals surface area contributed by atoms with E-state index >= 15 is 0 Å². The maximum absolute atomic E-state index is 11.3. The van der Waals surface area contributed by atoms with E-state index in [2.05, 4.69) is 11.4 Å². The van der Waals surface area contributed by atoms with Crippen LogP contribution in [-0.4, -0.2) is 35.0 Å². The fraction of sp³-hybridized carbons (Fsp3) is 0.625. The fourth-order valence-corrected chi connectivity index (χ4v) is 3.77. The van der Waals surface area contributed by atoms with Crippen molar-refractivity contribution >= 4 is 17.1 Å². The summed E-state index contributed by atoms with van der Waals surface area (Å²) >= 11 is 0. The summed E-state index contributed by atoms with van der Waals surface area (Å²) in [7, 11) is 0. The van der Waals surface area contributed by atoms with Crippen LogP contribution in [0.1, 0.15) is 38.5 Å². The monoisotopic (exact) mass is 333 g/mol. The first-order valence-corrected chi connectivity index (χ1v) is 8.40. The predicted octanol–water partition coefficient (Wildman–Crippen LogP) is 2.80. The van der Waals surface area contributed by atoms with Gasteiger partial charge in [0.2, 0.25) is 0 Å². The summed E-state index contributed by atoms with van der Waals surface area (Å²) in [6.07, 6.45) is 6.92. The van der Waals surface area contributed by atoms with Crippen molar-refractivity contribution in [3.63, 3.8) is 0 Å². The summed E-state index contributed by atoms with van der Waals surface area (Å²) in [6, 6.07) is 5.65. The van der Waals surface area contributed by atoms with Crippen LogP contribution in [0.2, 0.25) is 0 Å². The molecule has 1 aliphatic carbocycles. The standard InChI is InChI=1S/C16H21N4O4/c21-19(22)14-7-4-8-15(20(23)24)16(14)18-10-9-13(11-18)17-12-5-2-1-3-6-12/h7-8,12-13,17H,1-3,5-6,9-11H2/t13-/m1/s1. The van der Waals surface area contributed by atoms with E-state index in [4.69, 9.17) is 0 Å². The van der Waals surface area contributed by atoms with E-state index in [0.29, 0.717) is 19.1 Å². The third kappa shape index (κ3) is 3.48. The number of nitro benzene ring substituents is 2. The molecule has 1 atom stereocenters.